The van der Waals surface area contributed by atoms with Crippen LogP contribution in [0.15, 0.2) is 0 Å². The SMILES string of the molecule is NCC1CCNCC1C1CCC1. The van der Waals surface area contributed by atoms with Crippen molar-refractivity contribution in [3.05, 3.63) is 0 Å². The second-order valence-corrected chi connectivity index (χ2v) is 4.34. The summed E-state index contributed by atoms with van der Waals surface area (Å²) in [5, 5.41) is 3.49. The van der Waals surface area contributed by atoms with Crippen LogP contribution in [0.4, 0.5) is 0 Å². The van der Waals surface area contributed by atoms with Crippen LogP contribution in [0.3, 0.4) is 0 Å². The lowest BCUT2D eigenvalue weighted by Gasteiger charge is -2.41. The summed E-state index contributed by atoms with van der Waals surface area (Å²) in [7, 11) is 0. The van der Waals surface area contributed by atoms with Crippen molar-refractivity contribution in [3.8, 4) is 0 Å². The summed E-state index contributed by atoms with van der Waals surface area (Å²) in [5.74, 6) is 2.72. The fourth-order valence-electron chi connectivity index (χ4n) is 2.65. The van der Waals surface area contributed by atoms with Crippen molar-refractivity contribution in [2.24, 2.45) is 23.5 Å². The van der Waals surface area contributed by atoms with E-state index in [1.165, 1.54) is 38.8 Å². The van der Waals surface area contributed by atoms with Crippen molar-refractivity contribution in [1.82, 2.24) is 5.32 Å². The average molecular weight is 168 g/mol. The van der Waals surface area contributed by atoms with Gasteiger partial charge in [-0.1, -0.05) is 19.3 Å². The molecule has 2 aliphatic rings. The van der Waals surface area contributed by atoms with Crippen molar-refractivity contribution >= 4 is 0 Å². The molecule has 2 rings (SSSR count). The normalized spacial score (nSPS) is 37.8. The third kappa shape index (κ3) is 1.50. The van der Waals surface area contributed by atoms with Gasteiger partial charge in [0.2, 0.25) is 0 Å². The van der Waals surface area contributed by atoms with Gasteiger partial charge in [0.05, 0.1) is 0 Å². The van der Waals surface area contributed by atoms with Gasteiger partial charge in [0.25, 0.3) is 0 Å². The first kappa shape index (κ1) is 8.52. The molecule has 2 unspecified atom stereocenters. The Kier molecular flexibility index (Phi) is 2.66. The summed E-state index contributed by atoms with van der Waals surface area (Å²) in [6, 6.07) is 0. The van der Waals surface area contributed by atoms with Crippen molar-refractivity contribution in [2.45, 2.75) is 25.7 Å². The van der Waals surface area contributed by atoms with Crippen LogP contribution in [0.2, 0.25) is 0 Å². The van der Waals surface area contributed by atoms with Crippen LogP contribution in [0.5, 0.6) is 0 Å². The smallest absolute Gasteiger partial charge is 0.00147 e. The third-order valence-corrected chi connectivity index (χ3v) is 3.74. The molecule has 0 aromatic heterocycles. The van der Waals surface area contributed by atoms with Crippen LogP contribution < -0.4 is 11.1 Å². The Balaban J connectivity index is 1.90. The molecule has 0 spiro atoms. The van der Waals surface area contributed by atoms with E-state index in [-0.39, 0.29) is 0 Å². The van der Waals surface area contributed by atoms with Crippen molar-refractivity contribution in [2.75, 3.05) is 19.6 Å². The minimum absolute atomic E-state index is 0.816. The topological polar surface area (TPSA) is 38.0 Å². The monoisotopic (exact) mass is 168 g/mol. The zero-order chi connectivity index (χ0) is 8.39. The van der Waals surface area contributed by atoms with Crippen molar-refractivity contribution in [1.29, 1.82) is 0 Å². The second-order valence-electron chi connectivity index (χ2n) is 4.34. The summed E-state index contributed by atoms with van der Waals surface area (Å²) >= 11 is 0. The third-order valence-electron chi connectivity index (χ3n) is 3.74. The fraction of sp³-hybridized carbons (Fsp3) is 1.00. The van der Waals surface area contributed by atoms with Gasteiger partial charge in [0.1, 0.15) is 0 Å². The van der Waals surface area contributed by atoms with E-state index in [2.05, 4.69) is 5.32 Å². The number of piperidine rings is 1. The summed E-state index contributed by atoms with van der Waals surface area (Å²) < 4.78 is 0. The number of hydrogen-bond acceptors (Lipinski definition) is 2. The lowest BCUT2D eigenvalue weighted by Crippen LogP contribution is -2.44. The molecular formula is C10H20N2. The van der Waals surface area contributed by atoms with Crippen LogP contribution in [-0.4, -0.2) is 19.6 Å². The van der Waals surface area contributed by atoms with Gasteiger partial charge in [-0.05, 0) is 43.8 Å². The summed E-state index contributed by atoms with van der Waals surface area (Å²) in [6.45, 7) is 3.32. The van der Waals surface area contributed by atoms with E-state index in [0.29, 0.717) is 0 Å². The van der Waals surface area contributed by atoms with Crippen LogP contribution in [0.25, 0.3) is 0 Å². The summed E-state index contributed by atoms with van der Waals surface area (Å²) in [4.78, 5) is 0. The highest BCUT2D eigenvalue weighted by molar-refractivity contribution is 4.87. The molecule has 1 heterocycles. The van der Waals surface area contributed by atoms with Crippen LogP contribution in [0, 0.1) is 17.8 Å². The Morgan fingerprint density at radius 2 is 2.08 bits per heavy atom. The summed E-state index contributed by atoms with van der Waals surface area (Å²) in [6.07, 6.45) is 5.68. The predicted octanol–water partition coefficient (Wildman–Crippen LogP) is 0.971. The van der Waals surface area contributed by atoms with E-state index in [1.54, 1.807) is 0 Å². The highest BCUT2D eigenvalue weighted by atomic mass is 14.9. The van der Waals surface area contributed by atoms with Crippen LogP contribution >= 0.6 is 0 Å². The molecule has 2 atom stereocenters. The van der Waals surface area contributed by atoms with E-state index in [4.69, 9.17) is 5.73 Å². The molecule has 1 saturated heterocycles. The molecule has 0 aromatic carbocycles. The van der Waals surface area contributed by atoms with Gasteiger partial charge in [-0.15, -0.1) is 0 Å². The first-order valence-corrected chi connectivity index (χ1v) is 5.32. The van der Waals surface area contributed by atoms with Gasteiger partial charge in [-0.2, -0.15) is 0 Å². The molecule has 1 saturated carbocycles. The molecule has 1 aliphatic heterocycles. The van der Waals surface area contributed by atoms with Crippen molar-refractivity contribution < 1.29 is 0 Å². The molecule has 0 amide bonds. The largest absolute Gasteiger partial charge is 0.330 e. The van der Waals surface area contributed by atoms with Gasteiger partial charge < -0.3 is 11.1 Å². The van der Waals surface area contributed by atoms with Crippen LogP contribution in [0.1, 0.15) is 25.7 Å². The van der Waals surface area contributed by atoms with Crippen LogP contribution in [-0.2, 0) is 0 Å². The zero-order valence-electron chi connectivity index (χ0n) is 7.76. The van der Waals surface area contributed by atoms with E-state index >= 15 is 0 Å². The summed E-state index contributed by atoms with van der Waals surface area (Å²) in [5.41, 5.74) is 5.78. The number of nitrogens with one attached hydrogen (secondary N) is 1. The highest BCUT2D eigenvalue weighted by Gasteiger charge is 2.33. The number of hydrogen-bond donors (Lipinski definition) is 2. The second kappa shape index (κ2) is 3.75. The Morgan fingerprint density at radius 1 is 1.25 bits per heavy atom. The molecule has 12 heavy (non-hydrogen) atoms. The minimum atomic E-state index is 0.816. The number of rotatable bonds is 2. The molecule has 0 bridgehead atoms. The minimum Gasteiger partial charge on any atom is -0.330 e. The van der Waals surface area contributed by atoms with Gasteiger partial charge >= 0.3 is 0 Å². The lowest BCUT2D eigenvalue weighted by atomic mass is 9.68. The van der Waals surface area contributed by atoms with E-state index < -0.39 is 0 Å². The zero-order valence-corrected chi connectivity index (χ0v) is 7.76. The quantitative estimate of drug-likeness (QED) is 0.645. The molecule has 70 valence electrons. The maximum absolute atomic E-state index is 5.78. The Morgan fingerprint density at radius 3 is 2.67 bits per heavy atom. The molecule has 1 aliphatic carbocycles. The standard InChI is InChI=1S/C10H20N2/c11-6-9-4-5-12-7-10(9)8-2-1-3-8/h8-10,12H,1-7,11H2. The maximum atomic E-state index is 5.78. The highest BCUT2D eigenvalue weighted by Crippen LogP contribution is 2.38. The van der Waals surface area contributed by atoms with Gasteiger partial charge in [0.15, 0.2) is 0 Å². The molecule has 3 N–H and O–H groups in total. The maximum Gasteiger partial charge on any atom is -0.00147 e. The average Bonchev–Trinajstić information content (AvgIpc) is 2.02. The number of nitrogens with two attached hydrogens (primary N) is 1. The Hall–Kier alpha value is -0.0800. The molecule has 2 fully saturated rings. The first-order chi connectivity index (χ1) is 5.92. The molecular weight excluding hydrogens is 148 g/mol. The van der Waals surface area contributed by atoms with E-state index in [0.717, 1.165) is 24.3 Å². The first-order valence-electron chi connectivity index (χ1n) is 5.32. The Bertz CT molecular complexity index is 143. The molecule has 0 radical (unpaired) electrons. The molecule has 2 heteroatoms. The predicted molar refractivity (Wildman–Crippen MR) is 50.9 cm³/mol. The molecule has 2 nitrogen and oxygen atoms in total. The van der Waals surface area contributed by atoms with Crippen molar-refractivity contribution in [3.63, 3.8) is 0 Å². The molecule has 0 aromatic rings. The van der Waals surface area contributed by atoms with Gasteiger partial charge in [-0.3, -0.25) is 0 Å². The fourth-order valence-corrected chi connectivity index (χ4v) is 2.65. The lowest BCUT2D eigenvalue weighted by molar-refractivity contribution is 0.118. The van der Waals surface area contributed by atoms with Gasteiger partial charge in [0, 0.05) is 0 Å². The Labute approximate surface area is 74.9 Å². The van der Waals surface area contributed by atoms with Gasteiger partial charge in [-0.25, -0.2) is 0 Å². The van der Waals surface area contributed by atoms with E-state index in [9.17, 15) is 0 Å². The van der Waals surface area contributed by atoms with E-state index in [1.807, 2.05) is 0 Å².